The first-order valence-electron chi connectivity index (χ1n) is 4.39. The van der Waals surface area contributed by atoms with E-state index in [0.29, 0.717) is 6.54 Å². The minimum atomic E-state index is -0.480. The van der Waals surface area contributed by atoms with Gasteiger partial charge in [-0.05, 0) is 12.1 Å². The highest BCUT2D eigenvalue weighted by molar-refractivity contribution is 5.92. The molecule has 1 heterocycles. The van der Waals surface area contributed by atoms with Crippen LogP contribution in [-0.2, 0) is 0 Å². The van der Waals surface area contributed by atoms with Crippen LogP contribution in [0.4, 0.5) is 4.39 Å². The van der Waals surface area contributed by atoms with Gasteiger partial charge in [0.25, 0.3) is 5.91 Å². The third kappa shape index (κ3) is 3.02. The summed E-state index contributed by atoms with van der Waals surface area (Å²) in [4.78, 5) is 16.6. The molecule has 0 aliphatic carbocycles. The summed E-state index contributed by atoms with van der Waals surface area (Å²) in [6.07, 6.45) is 1.26. The molecule has 1 aromatic heterocycles. The molecule has 0 aliphatic heterocycles. The second-order valence-electron chi connectivity index (χ2n) is 3.00. The molecule has 0 aromatic carbocycles. The normalized spacial score (nSPS) is 9.40. The van der Waals surface area contributed by atoms with Crippen molar-refractivity contribution in [2.24, 2.45) is 0 Å². The highest BCUT2D eigenvalue weighted by atomic mass is 19.1. The van der Waals surface area contributed by atoms with Crippen LogP contribution in [-0.4, -0.2) is 29.4 Å². The van der Waals surface area contributed by atoms with E-state index in [2.05, 4.69) is 4.98 Å². The van der Waals surface area contributed by atoms with Gasteiger partial charge in [0.1, 0.15) is 11.5 Å². The van der Waals surface area contributed by atoms with Crippen molar-refractivity contribution in [3.8, 4) is 6.07 Å². The third-order valence-electron chi connectivity index (χ3n) is 1.85. The highest BCUT2D eigenvalue weighted by Crippen LogP contribution is 2.02. The van der Waals surface area contributed by atoms with Crippen LogP contribution in [0.1, 0.15) is 16.9 Å². The van der Waals surface area contributed by atoms with Crippen LogP contribution in [0, 0.1) is 17.1 Å². The molecule has 0 fully saturated rings. The number of hydrogen-bond acceptors (Lipinski definition) is 3. The lowest BCUT2D eigenvalue weighted by molar-refractivity contribution is 0.0792. The van der Waals surface area contributed by atoms with Gasteiger partial charge in [-0.3, -0.25) is 4.79 Å². The highest BCUT2D eigenvalue weighted by Gasteiger charge is 2.12. The second-order valence-corrected chi connectivity index (χ2v) is 3.00. The van der Waals surface area contributed by atoms with Gasteiger partial charge in [-0.1, -0.05) is 0 Å². The summed E-state index contributed by atoms with van der Waals surface area (Å²) in [6, 6.07) is 4.44. The first-order valence-corrected chi connectivity index (χ1v) is 4.39. The average Bonchev–Trinajstić information content (AvgIpc) is 2.26. The largest absolute Gasteiger partial charge is 0.339 e. The van der Waals surface area contributed by atoms with Crippen molar-refractivity contribution in [1.82, 2.24) is 9.88 Å². The number of aromatic nitrogens is 1. The van der Waals surface area contributed by atoms with Crippen molar-refractivity contribution in [2.75, 3.05) is 13.6 Å². The summed E-state index contributed by atoms with van der Waals surface area (Å²) in [5, 5.41) is 8.35. The molecule has 4 nitrogen and oxygen atoms in total. The molecule has 0 radical (unpaired) electrons. The first kappa shape index (κ1) is 11.1. The lowest BCUT2D eigenvalue weighted by atomic mass is 10.3. The molecule has 0 spiro atoms. The van der Waals surface area contributed by atoms with Crippen LogP contribution in [0.2, 0.25) is 0 Å². The Hall–Kier alpha value is -1.96. The van der Waals surface area contributed by atoms with Crippen molar-refractivity contribution in [1.29, 1.82) is 5.26 Å². The van der Waals surface area contributed by atoms with Gasteiger partial charge in [-0.25, -0.2) is 9.37 Å². The zero-order valence-electron chi connectivity index (χ0n) is 8.27. The van der Waals surface area contributed by atoms with Crippen LogP contribution in [0.25, 0.3) is 0 Å². The van der Waals surface area contributed by atoms with Crippen molar-refractivity contribution >= 4 is 5.91 Å². The molecular weight excluding hydrogens is 197 g/mol. The van der Waals surface area contributed by atoms with Gasteiger partial charge in [-0.15, -0.1) is 0 Å². The molecule has 1 amide bonds. The van der Waals surface area contributed by atoms with E-state index in [1.807, 2.05) is 6.07 Å². The Morgan fingerprint density at radius 3 is 2.93 bits per heavy atom. The van der Waals surface area contributed by atoms with Crippen LogP contribution in [0.15, 0.2) is 18.3 Å². The number of pyridine rings is 1. The Bertz CT molecular complexity index is 383. The Labute approximate surface area is 87.0 Å². The maximum Gasteiger partial charge on any atom is 0.272 e. The van der Waals surface area contributed by atoms with Crippen molar-refractivity contribution in [3.63, 3.8) is 0 Å². The zero-order valence-corrected chi connectivity index (χ0v) is 8.27. The van der Waals surface area contributed by atoms with Gasteiger partial charge >= 0.3 is 0 Å². The Morgan fingerprint density at radius 1 is 1.67 bits per heavy atom. The summed E-state index contributed by atoms with van der Waals surface area (Å²) in [7, 11) is 1.57. The van der Waals surface area contributed by atoms with E-state index in [4.69, 9.17) is 5.26 Å². The van der Waals surface area contributed by atoms with E-state index in [9.17, 15) is 9.18 Å². The van der Waals surface area contributed by atoms with Gasteiger partial charge in [-0.2, -0.15) is 5.26 Å². The van der Waals surface area contributed by atoms with E-state index in [1.165, 1.54) is 17.0 Å². The van der Waals surface area contributed by atoms with Gasteiger partial charge in [0.15, 0.2) is 0 Å². The maximum absolute atomic E-state index is 12.5. The van der Waals surface area contributed by atoms with Crippen LogP contribution in [0.3, 0.4) is 0 Å². The predicted octanol–water partition coefficient (Wildman–Crippen LogP) is 1.21. The van der Waals surface area contributed by atoms with Crippen LogP contribution < -0.4 is 0 Å². The molecule has 1 aromatic rings. The lowest BCUT2D eigenvalue weighted by Crippen LogP contribution is -2.28. The van der Waals surface area contributed by atoms with E-state index in [-0.39, 0.29) is 18.0 Å². The number of nitrogens with zero attached hydrogens (tertiary/aromatic N) is 3. The molecule has 1 rings (SSSR count). The molecule has 0 bridgehead atoms. The molecule has 0 saturated carbocycles. The SMILES string of the molecule is CN(CCC#N)C(=O)c1ccc(F)cn1. The van der Waals surface area contributed by atoms with Crippen LogP contribution >= 0.6 is 0 Å². The minimum Gasteiger partial charge on any atom is -0.339 e. The second kappa shape index (κ2) is 5.05. The fourth-order valence-corrected chi connectivity index (χ4v) is 1.02. The Balaban J connectivity index is 2.68. The standard InChI is InChI=1S/C10H10FN3O/c1-14(6-2-5-12)10(15)9-4-3-8(11)7-13-9/h3-4,7H,2,6H2,1H3. The van der Waals surface area contributed by atoms with E-state index in [0.717, 1.165) is 6.20 Å². The third-order valence-corrected chi connectivity index (χ3v) is 1.85. The number of hydrogen-bond donors (Lipinski definition) is 0. The molecule has 0 N–H and O–H groups in total. The zero-order chi connectivity index (χ0) is 11.3. The fourth-order valence-electron chi connectivity index (χ4n) is 1.02. The van der Waals surface area contributed by atoms with E-state index in [1.54, 1.807) is 7.05 Å². The quantitative estimate of drug-likeness (QED) is 0.748. The number of amides is 1. The number of carbonyl (C=O) groups is 1. The Morgan fingerprint density at radius 2 is 2.40 bits per heavy atom. The number of rotatable bonds is 3. The minimum absolute atomic E-state index is 0.178. The number of nitriles is 1. The number of carbonyl (C=O) groups excluding carboxylic acids is 1. The van der Waals surface area contributed by atoms with Gasteiger partial charge in [0.05, 0.1) is 18.7 Å². The van der Waals surface area contributed by atoms with Gasteiger partial charge in [0, 0.05) is 13.6 Å². The monoisotopic (exact) mass is 207 g/mol. The molecular formula is C10H10FN3O. The summed E-state index contributed by atoms with van der Waals surface area (Å²) >= 11 is 0. The molecule has 78 valence electrons. The predicted molar refractivity (Wildman–Crippen MR) is 51.4 cm³/mol. The molecule has 0 unspecified atom stereocenters. The van der Waals surface area contributed by atoms with Crippen molar-refractivity contribution in [3.05, 3.63) is 29.8 Å². The maximum atomic E-state index is 12.5. The van der Waals surface area contributed by atoms with Crippen molar-refractivity contribution in [2.45, 2.75) is 6.42 Å². The van der Waals surface area contributed by atoms with E-state index < -0.39 is 5.82 Å². The topological polar surface area (TPSA) is 57.0 Å². The summed E-state index contributed by atoms with van der Waals surface area (Å²) in [6.45, 7) is 0.342. The number of halogens is 1. The molecule has 0 aliphatic rings. The summed E-state index contributed by atoms with van der Waals surface area (Å²) < 4.78 is 12.5. The first-order chi connectivity index (χ1) is 7.15. The van der Waals surface area contributed by atoms with E-state index >= 15 is 0 Å². The van der Waals surface area contributed by atoms with Crippen LogP contribution in [0.5, 0.6) is 0 Å². The lowest BCUT2D eigenvalue weighted by Gasteiger charge is -2.14. The summed E-state index contributed by atoms with van der Waals surface area (Å²) in [5.74, 6) is -0.795. The smallest absolute Gasteiger partial charge is 0.272 e. The Kier molecular flexibility index (Phi) is 3.75. The fraction of sp³-hybridized carbons (Fsp3) is 0.300. The van der Waals surface area contributed by atoms with Gasteiger partial charge < -0.3 is 4.90 Å². The molecule has 5 heteroatoms. The molecule has 0 atom stereocenters. The molecule has 0 saturated heterocycles. The average molecular weight is 207 g/mol. The van der Waals surface area contributed by atoms with Gasteiger partial charge in [0.2, 0.25) is 0 Å². The molecule has 15 heavy (non-hydrogen) atoms. The van der Waals surface area contributed by atoms with Crippen molar-refractivity contribution < 1.29 is 9.18 Å². The summed E-state index contributed by atoms with van der Waals surface area (Å²) in [5.41, 5.74) is 0.178.